The van der Waals surface area contributed by atoms with Gasteiger partial charge in [0.1, 0.15) is 0 Å². The molecule has 1 rings (SSSR count). The summed E-state index contributed by atoms with van der Waals surface area (Å²) < 4.78 is 0. The molecule has 0 radical (unpaired) electrons. The van der Waals surface area contributed by atoms with Gasteiger partial charge in [0.2, 0.25) is 11.8 Å². The second-order valence-corrected chi connectivity index (χ2v) is 4.88. The molecule has 0 bridgehead atoms. The Hall–Kier alpha value is -1.84. The standard InChI is InChI=1S/C14H20N2O2/c1-8(2)9(3)13-7-11(16-10(4)17)5-6-12(13)14(15)18/h5-9H,1-4H3,(H2,15,18)(H,16,17). The summed E-state index contributed by atoms with van der Waals surface area (Å²) in [4.78, 5) is 22.5. The smallest absolute Gasteiger partial charge is 0.248 e. The van der Waals surface area contributed by atoms with Crippen LogP contribution in [0.1, 0.15) is 49.5 Å². The fourth-order valence-corrected chi connectivity index (χ4v) is 1.80. The van der Waals surface area contributed by atoms with Gasteiger partial charge in [0.05, 0.1) is 0 Å². The first-order chi connectivity index (χ1) is 8.32. The molecule has 4 heteroatoms. The summed E-state index contributed by atoms with van der Waals surface area (Å²) in [5, 5.41) is 2.71. The Kier molecular flexibility index (Phi) is 4.48. The first-order valence-electron chi connectivity index (χ1n) is 6.04. The maximum Gasteiger partial charge on any atom is 0.248 e. The Morgan fingerprint density at radius 1 is 1.22 bits per heavy atom. The van der Waals surface area contributed by atoms with Crippen LogP contribution in [-0.4, -0.2) is 11.8 Å². The Morgan fingerprint density at radius 3 is 2.28 bits per heavy atom. The molecule has 0 aliphatic heterocycles. The quantitative estimate of drug-likeness (QED) is 0.859. The van der Waals surface area contributed by atoms with Crippen molar-refractivity contribution in [2.75, 3.05) is 5.32 Å². The van der Waals surface area contributed by atoms with E-state index in [-0.39, 0.29) is 11.8 Å². The van der Waals surface area contributed by atoms with Crippen LogP contribution in [-0.2, 0) is 4.79 Å². The van der Waals surface area contributed by atoms with Gasteiger partial charge in [-0.1, -0.05) is 20.8 Å². The summed E-state index contributed by atoms with van der Waals surface area (Å²) in [6.45, 7) is 7.67. The molecule has 1 aromatic rings. The second-order valence-electron chi connectivity index (χ2n) is 4.88. The van der Waals surface area contributed by atoms with Gasteiger partial charge in [-0.25, -0.2) is 0 Å². The topological polar surface area (TPSA) is 72.2 Å². The molecule has 3 N–H and O–H groups in total. The van der Waals surface area contributed by atoms with Crippen molar-refractivity contribution in [2.24, 2.45) is 11.7 Å². The Morgan fingerprint density at radius 2 is 1.83 bits per heavy atom. The fraction of sp³-hybridized carbons (Fsp3) is 0.429. The van der Waals surface area contributed by atoms with Crippen molar-refractivity contribution < 1.29 is 9.59 Å². The van der Waals surface area contributed by atoms with Gasteiger partial charge in [-0.15, -0.1) is 0 Å². The highest BCUT2D eigenvalue weighted by atomic mass is 16.1. The number of carbonyl (C=O) groups excluding carboxylic acids is 2. The van der Waals surface area contributed by atoms with Crippen LogP contribution in [0.25, 0.3) is 0 Å². The number of primary amides is 1. The number of rotatable bonds is 4. The number of nitrogens with one attached hydrogen (secondary N) is 1. The minimum Gasteiger partial charge on any atom is -0.366 e. The summed E-state index contributed by atoms with van der Waals surface area (Å²) in [6, 6.07) is 5.19. The molecule has 2 amide bonds. The molecule has 0 aromatic heterocycles. The molecule has 98 valence electrons. The Bertz CT molecular complexity index is 467. The van der Waals surface area contributed by atoms with E-state index in [0.29, 0.717) is 17.2 Å². The minimum absolute atomic E-state index is 0.134. The van der Waals surface area contributed by atoms with Crippen LogP contribution < -0.4 is 11.1 Å². The van der Waals surface area contributed by atoms with Gasteiger partial charge in [0.15, 0.2) is 0 Å². The first-order valence-corrected chi connectivity index (χ1v) is 6.04. The van der Waals surface area contributed by atoms with Crippen LogP contribution in [0.4, 0.5) is 5.69 Å². The summed E-state index contributed by atoms with van der Waals surface area (Å²) in [7, 11) is 0. The van der Waals surface area contributed by atoms with Gasteiger partial charge in [-0.2, -0.15) is 0 Å². The highest BCUT2D eigenvalue weighted by Crippen LogP contribution is 2.29. The van der Waals surface area contributed by atoms with E-state index in [0.717, 1.165) is 5.56 Å². The highest BCUT2D eigenvalue weighted by Gasteiger charge is 2.17. The largest absolute Gasteiger partial charge is 0.366 e. The molecule has 0 aliphatic carbocycles. The van der Waals surface area contributed by atoms with Gasteiger partial charge < -0.3 is 11.1 Å². The lowest BCUT2D eigenvalue weighted by atomic mass is 9.86. The molecule has 0 saturated heterocycles. The van der Waals surface area contributed by atoms with Crippen LogP contribution in [0.15, 0.2) is 18.2 Å². The second kappa shape index (κ2) is 5.67. The van der Waals surface area contributed by atoms with Gasteiger partial charge in [-0.3, -0.25) is 9.59 Å². The summed E-state index contributed by atoms with van der Waals surface area (Å²) in [5.74, 6) is 0.00809. The Labute approximate surface area is 108 Å². The van der Waals surface area contributed by atoms with E-state index in [1.54, 1.807) is 12.1 Å². The fourth-order valence-electron chi connectivity index (χ4n) is 1.80. The number of hydrogen-bond donors (Lipinski definition) is 2. The van der Waals surface area contributed by atoms with Crippen molar-refractivity contribution in [3.63, 3.8) is 0 Å². The predicted octanol–water partition coefficient (Wildman–Crippen LogP) is 2.50. The van der Waals surface area contributed by atoms with Crippen molar-refractivity contribution in [3.8, 4) is 0 Å². The van der Waals surface area contributed by atoms with Crippen molar-refractivity contribution in [3.05, 3.63) is 29.3 Å². The normalized spacial score (nSPS) is 12.3. The van der Waals surface area contributed by atoms with Crippen molar-refractivity contribution >= 4 is 17.5 Å². The van der Waals surface area contributed by atoms with Crippen molar-refractivity contribution in [1.82, 2.24) is 0 Å². The van der Waals surface area contributed by atoms with Gasteiger partial charge in [-0.05, 0) is 35.6 Å². The van der Waals surface area contributed by atoms with E-state index < -0.39 is 5.91 Å². The zero-order chi connectivity index (χ0) is 13.9. The Balaban J connectivity index is 3.23. The van der Waals surface area contributed by atoms with Gasteiger partial charge in [0.25, 0.3) is 0 Å². The highest BCUT2D eigenvalue weighted by molar-refractivity contribution is 5.96. The molecule has 1 aromatic carbocycles. The molecule has 0 fully saturated rings. The summed E-state index contributed by atoms with van der Waals surface area (Å²) >= 11 is 0. The molecule has 1 atom stereocenters. The number of benzene rings is 1. The van der Waals surface area contributed by atoms with Crippen LogP contribution >= 0.6 is 0 Å². The summed E-state index contributed by atoms with van der Waals surface area (Å²) in [6.07, 6.45) is 0. The van der Waals surface area contributed by atoms with E-state index in [2.05, 4.69) is 19.2 Å². The van der Waals surface area contributed by atoms with Gasteiger partial charge >= 0.3 is 0 Å². The van der Waals surface area contributed by atoms with Crippen LogP contribution in [0.5, 0.6) is 0 Å². The molecule has 1 unspecified atom stereocenters. The number of nitrogens with two attached hydrogens (primary N) is 1. The summed E-state index contributed by atoms with van der Waals surface area (Å²) in [5.41, 5.74) is 7.46. The monoisotopic (exact) mass is 248 g/mol. The minimum atomic E-state index is -0.438. The zero-order valence-electron chi connectivity index (χ0n) is 11.3. The van der Waals surface area contributed by atoms with E-state index in [4.69, 9.17) is 5.73 Å². The zero-order valence-corrected chi connectivity index (χ0v) is 11.3. The van der Waals surface area contributed by atoms with Gasteiger partial charge in [0, 0.05) is 18.2 Å². The van der Waals surface area contributed by atoms with E-state index in [1.165, 1.54) is 6.92 Å². The average Bonchev–Trinajstić information content (AvgIpc) is 2.26. The lowest BCUT2D eigenvalue weighted by Crippen LogP contribution is -2.17. The van der Waals surface area contributed by atoms with Crippen molar-refractivity contribution in [2.45, 2.75) is 33.6 Å². The molecule has 0 aliphatic rings. The molecular weight excluding hydrogens is 228 g/mol. The predicted molar refractivity (Wildman–Crippen MR) is 72.5 cm³/mol. The molecule has 0 heterocycles. The van der Waals surface area contributed by atoms with E-state index in [9.17, 15) is 9.59 Å². The number of hydrogen-bond acceptors (Lipinski definition) is 2. The van der Waals surface area contributed by atoms with Crippen LogP contribution in [0, 0.1) is 5.92 Å². The van der Waals surface area contributed by atoms with E-state index >= 15 is 0 Å². The molecule has 4 nitrogen and oxygen atoms in total. The molecule has 0 saturated carbocycles. The lowest BCUT2D eigenvalue weighted by molar-refractivity contribution is -0.114. The van der Waals surface area contributed by atoms with Crippen LogP contribution in [0.3, 0.4) is 0 Å². The maximum atomic E-state index is 11.4. The molecule has 0 spiro atoms. The molecular formula is C14H20N2O2. The number of carbonyl (C=O) groups is 2. The molecule has 18 heavy (non-hydrogen) atoms. The third-order valence-electron chi connectivity index (χ3n) is 3.13. The number of amides is 2. The lowest BCUT2D eigenvalue weighted by Gasteiger charge is -2.19. The third-order valence-corrected chi connectivity index (χ3v) is 3.13. The van der Waals surface area contributed by atoms with Crippen molar-refractivity contribution in [1.29, 1.82) is 0 Å². The van der Waals surface area contributed by atoms with E-state index in [1.807, 2.05) is 13.0 Å². The average molecular weight is 248 g/mol. The maximum absolute atomic E-state index is 11.4. The number of anilines is 1. The first kappa shape index (κ1) is 14.2. The SMILES string of the molecule is CC(=O)Nc1ccc(C(N)=O)c(C(C)C(C)C)c1. The van der Waals surface area contributed by atoms with Crippen LogP contribution in [0.2, 0.25) is 0 Å². The third kappa shape index (κ3) is 3.32.